The van der Waals surface area contributed by atoms with E-state index in [1.54, 1.807) is 24.3 Å². The molecule has 0 aliphatic rings. The Morgan fingerprint density at radius 3 is 2.46 bits per heavy atom. The predicted molar refractivity (Wildman–Crippen MR) is 96.1 cm³/mol. The van der Waals surface area contributed by atoms with Gasteiger partial charge in [-0.2, -0.15) is 0 Å². The van der Waals surface area contributed by atoms with Gasteiger partial charge in [-0.1, -0.05) is 29.8 Å². The van der Waals surface area contributed by atoms with Gasteiger partial charge in [-0.25, -0.2) is 8.42 Å². The number of sulfone groups is 1. The standard InChI is InChI=1S/C17H19ClN2O3S/c1-12(13-6-8-14(18)9-7-13)19-11-17(21)20-15-4-3-5-16(10-15)24(2,22)23/h3-10,12,19H,11H2,1-2H3,(H,20,21)/t12-/m0/s1. The Hall–Kier alpha value is -1.89. The van der Waals surface area contributed by atoms with Crippen molar-refractivity contribution in [3.8, 4) is 0 Å². The molecule has 0 bridgehead atoms. The Balaban J connectivity index is 1.93. The van der Waals surface area contributed by atoms with Crippen LogP contribution >= 0.6 is 11.6 Å². The highest BCUT2D eigenvalue weighted by molar-refractivity contribution is 7.90. The van der Waals surface area contributed by atoms with Crippen LogP contribution in [0.5, 0.6) is 0 Å². The molecule has 0 spiro atoms. The highest BCUT2D eigenvalue weighted by atomic mass is 35.5. The molecule has 2 N–H and O–H groups in total. The van der Waals surface area contributed by atoms with E-state index < -0.39 is 9.84 Å². The van der Waals surface area contributed by atoms with E-state index in [4.69, 9.17) is 11.6 Å². The largest absolute Gasteiger partial charge is 0.325 e. The fourth-order valence-electron chi connectivity index (χ4n) is 2.12. The first-order chi connectivity index (χ1) is 11.3. The normalized spacial score (nSPS) is 12.6. The molecule has 1 atom stereocenters. The summed E-state index contributed by atoms with van der Waals surface area (Å²) < 4.78 is 23.1. The Labute approximate surface area is 147 Å². The van der Waals surface area contributed by atoms with Crippen molar-refractivity contribution in [3.63, 3.8) is 0 Å². The molecule has 0 aliphatic carbocycles. The van der Waals surface area contributed by atoms with Crippen molar-refractivity contribution in [3.05, 3.63) is 59.1 Å². The van der Waals surface area contributed by atoms with Crippen molar-refractivity contribution in [2.75, 3.05) is 18.1 Å². The number of carbonyl (C=O) groups excluding carboxylic acids is 1. The second kappa shape index (κ2) is 7.79. The number of hydrogen-bond donors (Lipinski definition) is 2. The molecule has 2 aromatic rings. The van der Waals surface area contributed by atoms with Gasteiger partial charge in [0, 0.05) is 23.0 Å². The molecule has 2 aromatic carbocycles. The molecule has 0 aliphatic heterocycles. The molecule has 1 amide bonds. The molecule has 128 valence electrons. The van der Waals surface area contributed by atoms with E-state index in [1.165, 1.54) is 12.1 Å². The highest BCUT2D eigenvalue weighted by Gasteiger charge is 2.10. The second-order valence-electron chi connectivity index (χ2n) is 5.50. The van der Waals surface area contributed by atoms with Gasteiger partial charge in [-0.3, -0.25) is 4.79 Å². The Bertz CT molecular complexity index is 820. The third-order valence-corrected chi connectivity index (χ3v) is 4.85. The zero-order valence-corrected chi connectivity index (χ0v) is 15.0. The fourth-order valence-corrected chi connectivity index (χ4v) is 2.92. The molecule has 7 heteroatoms. The van der Waals surface area contributed by atoms with Crippen LogP contribution in [0.1, 0.15) is 18.5 Å². The van der Waals surface area contributed by atoms with Crippen LogP contribution in [-0.2, 0) is 14.6 Å². The molecule has 0 radical (unpaired) electrons. The number of anilines is 1. The van der Waals surface area contributed by atoms with Crippen molar-refractivity contribution in [1.29, 1.82) is 0 Å². The van der Waals surface area contributed by atoms with Gasteiger partial charge in [-0.05, 0) is 42.8 Å². The molecule has 0 fully saturated rings. The quantitative estimate of drug-likeness (QED) is 0.824. The van der Waals surface area contributed by atoms with E-state index in [0.29, 0.717) is 10.7 Å². The Morgan fingerprint density at radius 2 is 1.83 bits per heavy atom. The average Bonchev–Trinajstić information content (AvgIpc) is 2.53. The molecule has 5 nitrogen and oxygen atoms in total. The molecule has 0 saturated carbocycles. The lowest BCUT2D eigenvalue weighted by molar-refractivity contribution is -0.115. The van der Waals surface area contributed by atoms with Crippen LogP contribution < -0.4 is 10.6 Å². The third kappa shape index (κ3) is 5.33. The summed E-state index contributed by atoms with van der Waals surface area (Å²) in [7, 11) is -3.30. The molecular formula is C17H19ClN2O3S. The maximum Gasteiger partial charge on any atom is 0.238 e. The number of benzene rings is 2. The molecule has 24 heavy (non-hydrogen) atoms. The van der Waals surface area contributed by atoms with Crippen LogP contribution in [0.15, 0.2) is 53.4 Å². The number of carbonyl (C=O) groups is 1. The lowest BCUT2D eigenvalue weighted by Crippen LogP contribution is -2.30. The summed E-state index contributed by atoms with van der Waals surface area (Å²) in [6, 6.07) is 13.5. The van der Waals surface area contributed by atoms with Crippen LogP contribution in [0.3, 0.4) is 0 Å². The van der Waals surface area contributed by atoms with Gasteiger partial charge < -0.3 is 10.6 Å². The molecule has 0 aromatic heterocycles. The molecule has 0 saturated heterocycles. The minimum atomic E-state index is -3.30. The van der Waals surface area contributed by atoms with E-state index in [9.17, 15) is 13.2 Å². The lowest BCUT2D eigenvalue weighted by atomic mass is 10.1. The zero-order valence-electron chi connectivity index (χ0n) is 13.4. The van der Waals surface area contributed by atoms with E-state index in [0.717, 1.165) is 11.8 Å². The van der Waals surface area contributed by atoms with Gasteiger partial charge in [-0.15, -0.1) is 0 Å². The van der Waals surface area contributed by atoms with Crippen LogP contribution in [0.4, 0.5) is 5.69 Å². The maximum absolute atomic E-state index is 12.0. The molecule has 0 heterocycles. The third-order valence-electron chi connectivity index (χ3n) is 3.48. The summed E-state index contributed by atoms with van der Waals surface area (Å²) in [6.07, 6.45) is 1.13. The topological polar surface area (TPSA) is 75.3 Å². The predicted octanol–water partition coefficient (Wildman–Crippen LogP) is 3.03. The van der Waals surface area contributed by atoms with E-state index in [2.05, 4.69) is 10.6 Å². The van der Waals surface area contributed by atoms with Crippen LogP contribution in [-0.4, -0.2) is 27.1 Å². The Morgan fingerprint density at radius 1 is 1.17 bits per heavy atom. The van der Waals surface area contributed by atoms with Crippen molar-refractivity contribution in [2.45, 2.75) is 17.9 Å². The molecule has 0 unspecified atom stereocenters. The van der Waals surface area contributed by atoms with E-state index in [-0.39, 0.29) is 23.4 Å². The number of rotatable bonds is 6. The number of amides is 1. The number of nitrogens with one attached hydrogen (secondary N) is 2. The van der Waals surface area contributed by atoms with Crippen molar-refractivity contribution >= 4 is 33.0 Å². The van der Waals surface area contributed by atoms with Crippen molar-refractivity contribution in [2.24, 2.45) is 0 Å². The van der Waals surface area contributed by atoms with Gasteiger partial charge in [0.25, 0.3) is 0 Å². The van der Waals surface area contributed by atoms with Crippen LogP contribution in [0.25, 0.3) is 0 Å². The second-order valence-corrected chi connectivity index (χ2v) is 7.95. The van der Waals surface area contributed by atoms with Crippen molar-refractivity contribution < 1.29 is 13.2 Å². The fraction of sp³-hybridized carbons (Fsp3) is 0.235. The first-order valence-electron chi connectivity index (χ1n) is 7.34. The summed E-state index contributed by atoms with van der Waals surface area (Å²) in [6.45, 7) is 2.05. The van der Waals surface area contributed by atoms with Gasteiger partial charge in [0.1, 0.15) is 0 Å². The van der Waals surface area contributed by atoms with Gasteiger partial charge >= 0.3 is 0 Å². The molecule has 2 rings (SSSR count). The van der Waals surface area contributed by atoms with E-state index in [1.807, 2.05) is 19.1 Å². The molecular weight excluding hydrogens is 348 g/mol. The summed E-state index contributed by atoms with van der Waals surface area (Å²) in [4.78, 5) is 12.2. The van der Waals surface area contributed by atoms with Gasteiger partial charge in [0.2, 0.25) is 5.91 Å². The summed E-state index contributed by atoms with van der Waals surface area (Å²) in [5.41, 5.74) is 1.47. The smallest absolute Gasteiger partial charge is 0.238 e. The monoisotopic (exact) mass is 366 g/mol. The minimum Gasteiger partial charge on any atom is -0.325 e. The number of halogens is 1. The first-order valence-corrected chi connectivity index (χ1v) is 9.61. The van der Waals surface area contributed by atoms with Gasteiger partial charge in [0.15, 0.2) is 9.84 Å². The minimum absolute atomic E-state index is 0.0182. The Kier molecular flexibility index (Phi) is 5.99. The summed E-state index contributed by atoms with van der Waals surface area (Å²) in [5, 5.41) is 6.45. The van der Waals surface area contributed by atoms with Gasteiger partial charge in [0.05, 0.1) is 11.4 Å². The maximum atomic E-state index is 12.0. The van der Waals surface area contributed by atoms with Crippen LogP contribution in [0, 0.1) is 0 Å². The van der Waals surface area contributed by atoms with Crippen molar-refractivity contribution in [1.82, 2.24) is 5.32 Å². The number of hydrogen-bond acceptors (Lipinski definition) is 4. The average molecular weight is 367 g/mol. The summed E-state index contributed by atoms with van der Waals surface area (Å²) in [5.74, 6) is -0.249. The first kappa shape index (κ1) is 18.4. The lowest BCUT2D eigenvalue weighted by Gasteiger charge is -2.14. The SMILES string of the molecule is C[C@H](NCC(=O)Nc1cccc(S(C)(=O)=O)c1)c1ccc(Cl)cc1. The van der Waals surface area contributed by atoms with Crippen LogP contribution in [0.2, 0.25) is 5.02 Å². The van der Waals surface area contributed by atoms with E-state index >= 15 is 0 Å². The zero-order chi connectivity index (χ0) is 17.7. The summed E-state index contributed by atoms with van der Waals surface area (Å²) >= 11 is 5.85. The highest BCUT2D eigenvalue weighted by Crippen LogP contribution is 2.17.